The van der Waals surface area contributed by atoms with Crippen molar-refractivity contribution in [1.82, 2.24) is 0 Å². The van der Waals surface area contributed by atoms with Gasteiger partial charge in [0.15, 0.2) is 0 Å². The lowest BCUT2D eigenvalue weighted by atomic mass is 10.2. The van der Waals surface area contributed by atoms with Crippen molar-refractivity contribution in [3.8, 4) is 23.8 Å². The Morgan fingerprint density at radius 3 is 2.23 bits per heavy atom. The number of hydrogen-bond acceptors (Lipinski definition) is 3. The molecule has 2 aromatic rings. The third-order valence-corrected chi connectivity index (χ3v) is 3.15. The van der Waals surface area contributed by atoms with Gasteiger partial charge < -0.3 is 14.2 Å². The van der Waals surface area contributed by atoms with Crippen LogP contribution >= 0.6 is 0 Å². The first-order valence-electron chi connectivity index (χ1n) is 7.22. The summed E-state index contributed by atoms with van der Waals surface area (Å²) in [6.45, 7) is 1.88. The van der Waals surface area contributed by atoms with Gasteiger partial charge in [-0.15, -0.1) is 6.42 Å². The van der Waals surface area contributed by atoms with E-state index < -0.39 is 0 Å². The van der Waals surface area contributed by atoms with Gasteiger partial charge in [0, 0.05) is 12.0 Å². The van der Waals surface area contributed by atoms with E-state index in [4.69, 9.17) is 20.6 Å². The first-order chi connectivity index (χ1) is 10.8. The van der Waals surface area contributed by atoms with Crippen LogP contribution in [0.25, 0.3) is 0 Å². The molecule has 0 saturated carbocycles. The summed E-state index contributed by atoms with van der Waals surface area (Å²) < 4.78 is 16.4. The maximum absolute atomic E-state index is 5.62. The molecule has 0 aliphatic heterocycles. The van der Waals surface area contributed by atoms with E-state index in [0.29, 0.717) is 19.8 Å². The molecule has 0 aliphatic rings. The predicted molar refractivity (Wildman–Crippen MR) is 87.1 cm³/mol. The Hall–Kier alpha value is -2.44. The fourth-order valence-electron chi connectivity index (χ4n) is 1.91. The van der Waals surface area contributed by atoms with Crippen molar-refractivity contribution < 1.29 is 14.2 Å². The molecule has 0 aromatic heterocycles. The Labute approximate surface area is 131 Å². The third kappa shape index (κ3) is 5.16. The van der Waals surface area contributed by atoms with E-state index in [2.05, 4.69) is 5.92 Å². The minimum Gasteiger partial charge on any atom is -0.497 e. The van der Waals surface area contributed by atoms with E-state index in [1.165, 1.54) is 0 Å². The molecular formula is C19H20O3. The van der Waals surface area contributed by atoms with Gasteiger partial charge in [0.25, 0.3) is 0 Å². The Bertz CT molecular complexity index is 594. The first kappa shape index (κ1) is 15.9. The molecule has 0 unspecified atom stereocenters. The van der Waals surface area contributed by atoms with Crippen LogP contribution in [-0.2, 0) is 11.3 Å². The lowest BCUT2D eigenvalue weighted by molar-refractivity contribution is 0.107. The molecule has 2 aromatic carbocycles. The van der Waals surface area contributed by atoms with Crippen molar-refractivity contribution in [2.24, 2.45) is 0 Å². The van der Waals surface area contributed by atoms with E-state index in [9.17, 15) is 0 Å². The van der Waals surface area contributed by atoms with Gasteiger partial charge in [-0.3, -0.25) is 0 Å². The Morgan fingerprint density at radius 1 is 0.909 bits per heavy atom. The lowest BCUT2D eigenvalue weighted by Crippen LogP contribution is -2.03. The molecule has 0 aliphatic carbocycles. The summed E-state index contributed by atoms with van der Waals surface area (Å²) in [4.78, 5) is 0. The molecule has 0 spiro atoms. The predicted octanol–water partition coefficient (Wildman–Crippen LogP) is 3.66. The molecule has 3 nitrogen and oxygen atoms in total. The van der Waals surface area contributed by atoms with Crippen LogP contribution in [0.15, 0.2) is 48.5 Å². The van der Waals surface area contributed by atoms with Gasteiger partial charge in [-0.2, -0.15) is 0 Å². The number of benzene rings is 2. The maximum atomic E-state index is 5.62. The van der Waals surface area contributed by atoms with Crippen molar-refractivity contribution in [2.45, 2.75) is 13.0 Å². The molecule has 22 heavy (non-hydrogen) atoms. The zero-order chi connectivity index (χ0) is 15.6. The Kier molecular flexibility index (Phi) is 6.35. The highest BCUT2D eigenvalue weighted by molar-refractivity contribution is 5.36. The molecule has 114 valence electrons. The van der Waals surface area contributed by atoms with Gasteiger partial charge in [0.05, 0.1) is 26.9 Å². The molecule has 0 fully saturated rings. The van der Waals surface area contributed by atoms with Crippen LogP contribution in [0.3, 0.4) is 0 Å². The van der Waals surface area contributed by atoms with Gasteiger partial charge in [-0.1, -0.05) is 18.1 Å². The van der Waals surface area contributed by atoms with Crippen LogP contribution in [-0.4, -0.2) is 20.3 Å². The van der Waals surface area contributed by atoms with Gasteiger partial charge in [0.1, 0.15) is 11.5 Å². The van der Waals surface area contributed by atoms with Crippen molar-refractivity contribution in [3.63, 3.8) is 0 Å². The van der Waals surface area contributed by atoms with Crippen LogP contribution in [0, 0.1) is 12.3 Å². The van der Waals surface area contributed by atoms with Gasteiger partial charge in [-0.05, 0) is 42.0 Å². The maximum Gasteiger partial charge on any atom is 0.119 e. The Balaban J connectivity index is 1.59. The zero-order valence-corrected chi connectivity index (χ0v) is 12.7. The topological polar surface area (TPSA) is 27.7 Å². The van der Waals surface area contributed by atoms with Crippen LogP contribution in [0.4, 0.5) is 0 Å². The van der Waals surface area contributed by atoms with Crippen LogP contribution in [0.5, 0.6) is 11.5 Å². The smallest absolute Gasteiger partial charge is 0.119 e. The van der Waals surface area contributed by atoms with Crippen molar-refractivity contribution in [3.05, 3.63) is 59.7 Å². The van der Waals surface area contributed by atoms with E-state index in [-0.39, 0.29) is 0 Å². The average molecular weight is 296 g/mol. The minimum atomic E-state index is 0.598. The molecule has 3 heteroatoms. The molecule has 0 N–H and O–H groups in total. The van der Waals surface area contributed by atoms with Crippen molar-refractivity contribution in [1.29, 1.82) is 0 Å². The summed E-state index contributed by atoms with van der Waals surface area (Å²) in [5.41, 5.74) is 1.99. The second kappa shape index (κ2) is 8.76. The fourth-order valence-corrected chi connectivity index (χ4v) is 1.91. The minimum absolute atomic E-state index is 0.598. The van der Waals surface area contributed by atoms with Gasteiger partial charge in [-0.25, -0.2) is 0 Å². The summed E-state index contributed by atoms with van der Waals surface area (Å²) in [5.74, 6) is 4.26. The number of rotatable bonds is 8. The molecule has 0 amide bonds. The molecule has 2 rings (SSSR count). The number of hydrogen-bond donors (Lipinski definition) is 0. The fraction of sp³-hybridized carbons (Fsp3) is 0.263. The highest BCUT2D eigenvalue weighted by Gasteiger charge is 1.97. The van der Waals surface area contributed by atoms with Crippen molar-refractivity contribution in [2.75, 3.05) is 20.3 Å². The van der Waals surface area contributed by atoms with Crippen LogP contribution < -0.4 is 9.47 Å². The Morgan fingerprint density at radius 2 is 1.59 bits per heavy atom. The summed E-state index contributed by atoms with van der Waals surface area (Å²) in [6, 6.07) is 15.4. The van der Waals surface area contributed by atoms with Gasteiger partial charge >= 0.3 is 0 Å². The van der Waals surface area contributed by atoms with Crippen LogP contribution in [0.2, 0.25) is 0 Å². The summed E-state index contributed by atoms with van der Waals surface area (Å²) >= 11 is 0. The van der Waals surface area contributed by atoms with E-state index >= 15 is 0 Å². The second-order valence-corrected chi connectivity index (χ2v) is 4.77. The first-order valence-corrected chi connectivity index (χ1v) is 7.22. The molecule has 0 bridgehead atoms. The van der Waals surface area contributed by atoms with E-state index in [1.807, 2.05) is 48.5 Å². The summed E-state index contributed by atoms with van der Waals surface area (Å²) in [5, 5.41) is 0. The van der Waals surface area contributed by atoms with Crippen LogP contribution in [0.1, 0.15) is 17.5 Å². The highest BCUT2D eigenvalue weighted by atomic mass is 16.5. The molecule has 0 saturated heterocycles. The number of methoxy groups -OCH3 is 1. The lowest BCUT2D eigenvalue weighted by Gasteiger charge is -2.07. The van der Waals surface area contributed by atoms with E-state index in [0.717, 1.165) is 29.0 Å². The standard InChI is InChI=1S/C19H20O3/c1-3-16-5-11-19(12-6-16)22-14-4-13-21-15-17-7-9-18(20-2)10-8-17/h1,5-12H,4,13-15H2,2H3. The van der Waals surface area contributed by atoms with Crippen molar-refractivity contribution >= 4 is 0 Å². The molecule has 0 atom stereocenters. The normalized spacial score (nSPS) is 10.0. The number of ether oxygens (including phenoxy) is 3. The molecular weight excluding hydrogens is 276 g/mol. The molecule has 0 radical (unpaired) electrons. The zero-order valence-electron chi connectivity index (χ0n) is 12.7. The summed E-state index contributed by atoms with van der Waals surface area (Å²) in [6.07, 6.45) is 6.15. The van der Waals surface area contributed by atoms with Gasteiger partial charge in [0.2, 0.25) is 0 Å². The largest absolute Gasteiger partial charge is 0.497 e. The average Bonchev–Trinajstić information content (AvgIpc) is 2.59. The highest BCUT2D eigenvalue weighted by Crippen LogP contribution is 2.13. The number of terminal acetylenes is 1. The van der Waals surface area contributed by atoms with E-state index in [1.54, 1.807) is 7.11 Å². The quantitative estimate of drug-likeness (QED) is 0.549. The summed E-state index contributed by atoms with van der Waals surface area (Å²) in [7, 11) is 1.66. The molecule has 0 heterocycles. The SMILES string of the molecule is C#Cc1ccc(OCCCOCc2ccc(OC)cc2)cc1. The second-order valence-electron chi connectivity index (χ2n) is 4.77. The monoisotopic (exact) mass is 296 g/mol. The third-order valence-electron chi connectivity index (χ3n) is 3.15.